The van der Waals surface area contributed by atoms with Crippen LogP contribution in [-0.2, 0) is 6.42 Å². The van der Waals surface area contributed by atoms with Gasteiger partial charge >= 0.3 is 0 Å². The molecular weight excluding hydrogens is 312 g/mol. The third kappa shape index (κ3) is 2.38. The van der Waals surface area contributed by atoms with Crippen LogP contribution in [0.2, 0.25) is 5.02 Å². The second-order valence-electron chi connectivity index (χ2n) is 6.37. The maximum atomic E-state index is 13.0. The van der Waals surface area contributed by atoms with Gasteiger partial charge in [-0.15, -0.1) is 0 Å². The first-order valence-electron chi connectivity index (χ1n) is 7.89. The Labute approximate surface area is 139 Å². The average molecular weight is 329 g/mol. The third-order valence-corrected chi connectivity index (χ3v) is 4.86. The van der Waals surface area contributed by atoms with E-state index in [9.17, 15) is 9.59 Å². The van der Waals surface area contributed by atoms with Crippen LogP contribution < -0.4 is 10.5 Å². The highest BCUT2D eigenvalue weighted by Crippen LogP contribution is 2.35. The van der Waals surface area contributed by atoms with Crippen LogP contribution in [0.5, 0.6) is 0 Å². The summed E-state index contributed by atoms with van der Waals surface area (Å²) in [4.78, 5) is 27.3. The first-order chi connectivity index (χ1) is 11.1. The van der Waals surface area contributed by atoms with Gasteiger partial charge in [0.05, 0.1) is 0 Å². The minimum absolute atomic E-state index is 0.0185. The summed E-state index contributed by atoms with van der Waals surface area (Å²) in [6.45, 7) is 1.99. The molecule has 1 saturated carbocycles. The number of fused-ring (bicyclic) bond motifs is 1. The molecule has 2 heterocycles. The summed E-state index contributed by atoms with van der Waals surface area (Å²) in [5.41, 5.74) is 1.97. The van der Waals surface area contributed by atoms with Crippen LogP contribution in [0, 0.1) is 0 Å². The second-order valence-corrected chi connectivity index (χ2v) is 6.80. The molecule has 4 nitrogen and oxygen atoms in total. The van der Waals surface area contributed by atoms with E-state index >= 15 is 0 Å². The smallest absolute Gasteiger partial charge is 0.264 e. The number of hydrogen-bond donors (Lipinski definition) is 0. The third-order valence-electron chi connectivity index (χ3n) is 4.62. The van der Waals surface area contributed by atoms with Gasteiger partial charge in [0, 0.05) is 29.0 Å². The van der Waals surface area contributed by atoms with Crippen molar-refractivity contribution in [3.05, 3.63) is 63.0 Å². The van der Waals surface area contributed by atoms with E-state index in [4.69, 9.17) is 11.6 Å². The van der Waals surface area contributed by atoms with Crippen molar-refractivity contribution in [1.29, 1.82) is 0 Å². The van der Waals surface area contributed by atoms with Crippen LogP contribution in [0.15, 0.2) is 41.3 Å². The Bertz CT molecular complexity index is 854. The Balaban J connectivity index is 1.76. The number of nitrogens with zero attached hydrogens (tertiary/aromatic N) is 2. The predicted octanol–water partition coefficient (Wildman–Crippen LogP) is 3.43. The van der Waals surface area contributed by atoms with Gasteiger partial charge in [0.25, 0.3) is 11.5 Å². The first kappa shape index (κ1) is 14.5. The van der Waals surface area contributed by atoms with Crippen molar-refractivity contribution in [3.8, 4) is 0 Å². The van der Waals surface area contributed by atoms with E-state index in [1.54, 1.807) is 33.9 Å². The van der Waals surface area contributed by atoms with Gasteiger partial charge in [-0.25, -0.2) is 0 Å². The van der Waals surface area contributed by atoms with Gasteiger partial charge in [-0.05, 0) is 62.1 Å². The fourth-order valence-electron chi connectivity index (χ4n) is 3.35. The van der Waals surface area contributed by atoms with Gasteiger partial charge in [0.1, 0.15) is 5.56 Å². The zero-order valence-electron chi connectivity index (χ0n) is 12.8. The minimum Gasteiger partial charge on any atom is -0.312 e. The highest BCUT2D eigenvalue weighted by molar-refractivity contribution is 6.30. The lowest BCUT2D eigenvalue weighted by Crippen LogP contribution is -2.39. The second kappa shape index (κ2) is 5.24. The number of rotatable bonds is 2. The van der Waals surface area contributed by atoms with E-state index in [-0.39, 0.29) is 29.1 Å². The molecule has 23 heavy (non-hydrogen) atoms. The van der Waals surface area contributed by atoms with E-state index in [2.05, 4.69) is 0 Å². The standard InChI is InChI=1S/C18H17ClN2O2/c1-11-9-12-10-13(19)4-7-16(12)21(11)18(23)15-3-2-8-20(17(15)22)14-5-6-14/h2-4,7-8,10-11,14H,5-6,9H2,1H3. The molecule has 1 amide bonds. The number of carbonyl (C=O) groups excluding carboxylic acids is 1. The molecule has 1 aliphatic heterocycles. The summed E-state index contributed by atoms with van der Waals surface area (Å²) in [6.07, 6.45) is 4.56. The Morgan fingerprint density at radius 2 is 2.04 bits per heavy atom. The Hall–Kier alpha value is -2.07. The number of anilines is 1. The summed E-state index contributed by atoms with van der Waals surface area (Å²) in [6, 6.07) is 9.24. The van der Waals surface area contributed by atoms with E-state index in [0.717, 1.165) is 30.5 Å². The van der Waals surface area contributed by atoms with Crippen LogP contribution in [0.1, 0.15) is 41.7 Å². The number of halogens is 1. The summed E-state index contributed by atoms with van der Waals surface area (Å²) in [5, 5.41) is 0.668. The van der Waals surface area contributed by atoms with E-state index in [0.29, 0.717) is 5.02 Å². The van der Waals surface area contributed by atoms with Crippen molar-refractivity contribution in [1.82, 2.24) is 4.57 Å². The Kier molecular flexibility index (Phi) is 3.31. The largest absolute Gasteiger partial charge is 0.312 e. The maximum absolute atomic E-state index is 13.0. The normalized spacial score (nSPS) is 19.7. The molecule has 118 valence electrons. The van der Waals surface area contributed by atoms with Gasteiger partial charge in [-0.2, -0.15) is 0 Å². The number of hydrogen-bond acceptors (Lipinski definition) is 2. The summed E-state index contributed by atoms with van der Waals surface area (Å²) in [7, 11) is 0. The topological polar surface area (TPSA) is 42.3 Å². The SMILES string of the molecule is CC1Cc2cc(Cl)ccc2N1C(=O)c1cccn(C2CC2)c1=O. The van der Waals surface area contributed by atoms with Crippen LogP contribution >= 0.6 is 11.6 Å². The van der Waals surface area contributed by atoms with Crippen LogP contribution in [0.25, 0.3) is 0 Å². The number of carbonyl (C=O) groups is 1. The van der Waals surface area contributed by atoms with Crippen molar-refractivity contribution in [3.63, 3.8) is 0 Å². The fraction of sp³-hybridized carbons (Fsp3) is 0.333. The predicted molar refractivity (Wildman–Crippen MR) is 90.4 cm³/mol. The molecule has 1 aromatic heterocycles. The zero-order valence-corrected chi connectivity index (χ0v) is 13.6. The molecule has 0 bridgehead atoms. The molecule has 1 aromatic carbocycles. The number of benzene rings is 1. The van der Waals surface area contributed by atoms with Gasteiger partial charge in [-0.3, -0.25) is 9.59 Å². The monoisotopic (exact) mass is 328 g/mol. The molecule has 2 aromatic rings. The molecule has 4 rings (SSSR count). The lowest BCUT2D eigenvalue weighted by atomic mass is 10.1. The summed E-state index contributed by atoms with van der Waals surface area (Å²) in [5.74, 6) is -0.224. The summed E-state index contributed by atoms with van der Waals surface area (Å²) < 4.78 is 1.69. The highest BCUT2D eigenvalue weighted by Gasteiger charge is 2.34. The molecule has 0 radical (unpaired) electrons. The molecule has 1 aliphatic carbocycles. The van der Waals surface area contributed by atoms with Gasteiger partial charge in [0.15, 0.2) is 0 Å². The first-order valence-corrected chi connectivity index (χ1v) is 8.27. The quantitative estimate of drug-likeness (QED) is 0.847. The molecular formula is C18H17ClN2O2. The maximum Gasteiger partial charge on any atom is 0.264 e. The number of amides is 1. The molecule has 2 aliphatic rings. The molecule has 0 N–H and O–H groups in total. The Morgan fingerprint density at radius 3 is 2.78 bits per heavy atom. The molecule has 5 heteroatoms. The molecule has 0 saturated heterocycles. The minimum atomic E-state index is -0.224. The van der Waals surface area contributed by atoms with E-state index in [1.165, 1.54) is 0 Å². The van der Waals surface area contributed by atoms with Crippen molar-refractivity contribution in [2.75, 3.05) is 4.90 Å². The molecule has 1 unspecified atom stereocenters. The van der Waals surface area contributed by atoms with Crippen LogP contribution in [0.4, 0.5) is 5.69 Å². The van der Waals surface area contributed by atoms with Crippen molar-refractivity contribution >= 4 is 23.2 Å². The lowest BCUT2D eigenvalue weighted by molar-refractivity contribution is 0.0979. The molecule has 1 atom stereocenters. The van der Waals surface area contributed by atoms with E-state index in [1.807, 2.05) is 19.1 Å². The average Bonchev–Trinajstić information content (AvgIpc) is 3.29. The van der Waals surface area contributed by atoms with Crippen molar-refractivity contribution in [2.45, 2.75) is 38.3 Å². The van der Waals surface area contributed by atoms with Crippen molar-refractivity contribution in [2.24, 2.45) is 0 Å². The Morgan fingerprint density at radius 1 is 1.26 bits per heavy atom. The van der Waals surface area contributed by atoms with Crippen LogP contribution in [-0.4, -0.2) is 16.5 Å². The van der Waals surface area contributed by atoms with Gasteiger partial charge in [0.2, 0.25) is 0 Å². The highest BCUT2D eigenvalue weighted by atomic mass is 35.5. The zero-order chi connectivity index (χ0) is 16.1. The number of pyridine rings is 1. The molecule has 0 spiro atoms. The van der Waals surface area contributed by atoms with E-state index < -0.39 is 0 Å². The lowest BCUT2D eigenvalue weighted by Gasteiger charge is -2.22. The molecule has 1 fully saturated rings. The van der Waals surface area contributed by atoms with Crippen LogP contribution in [0.3, 0.4) is 0 Å². The van der Waals surface area contributed by atoms with Gasteiger partial charge in [-0.1, -0.05) is 11.6 Å². The van der Waals surface area contributed by atoms with Crippen molar-refractivity contribution < 1.29 is 4.79 Å². The summed E-state index contributed by atoms with van der Waals surface area (Å²) >= 11 is 6.05. The number of aromatic nitrogens is 1. The fourth-order valence-corrected chi connectivity index (χ4v) is 3.55. The van der Waals surface area contributed by atoms with Gasteiger partial charge < -0.3 is 9.47 Å².